The summed E-state index contributed by atoms with van der Waals surface area (Å²) in [6, 6.07) is 4.37. The van der Waals surface area contributed by atoms with Gasteiger partial charge in [-0.3, -0.25) is 4.79 Å². The summed E-state index contributed by atoms with van der Waals surface area (Å²) in [6.45, 7) is 0.489. The molecule has 0 saturated heterocycles. The van der Waals surface area contributed by atoms with Crippen LogP contribution in [-0.2, 0) is 0 Å². The van der Waals surface area contributed by atoms with Crippen molar-refractivity contribution < 1.29 is 14.6 Å². The lowest BCUT2D eigenvalue weighted by molar-refractivity contribution is 0.0997. The zero-order valence-corrected chi connectivity index (χ0v) is 8.95. The Morgan fingerprint density at radius 3 is 2.86 bits per heavy atom. The smallest absolute Gasteiger partial charge is 0.252 e. The van der Waals surface area contributed by atoms with Gasteiger partial charge in [0, 0.05) is 5.33 Å². The lowest BCUT2D eigenvalue weighted by Gasteiger charge is -2.06. The van der Waals surface area contributed by atoms with E-state index >= 15 is 0 Å². The van der Waals surface area contributed by atoms with Crippen molar-refractivity contribution in [1.82, 2.24) is 0 Å². The maximum absolute atomic E-state index is 10.8. The van der Waals surface area contributed by atoms with E-state index in [2.05, 4.69) is 15.9 Å². The third kappa shape index (κ3) is 2.63. The molecule has 0 unspecified atom stereocenters. The Kier molecular flexibility index (Phi) is 3.76. The number of ether oxygens (including phenoxy) is 1. The molecule has 1 rings (SSSR count). The largest absolute Gasteiger partial charge is 0.507 e. The second kappa shape index (κ2) is 4.85. The summed E-state index contributed by atoms with van der Waals surface area (Å²) in [4.78, 5) is 10.8. The van der Waals surface area contributed by atoms with Crippen molar-refractivity contribution in [1.29, 1.82) is 0 Å². The van der Waals surface area contributed by atoms with Crippen LogP contribution in [0.15, 0.2) is 18.2 Å². The second-order valence-corrected chi connectivity index (χ2v) is 3.37. The molecule has 76 valence electrons. The van der Waals surface area contributed by atoms with Gasteiger partial charge in [-0.25, -0.2) is 0 Å². The number of halogens is 1. The monoisotopic (exact) mass is 259 g/mol. The molecule has 0 aliphatic rings. The van der Waals surface area contributed by atoms with Crippen molar-refractivity contribution in [2.75, 3.05) is 11.9 Å². The molecule has 0 bridgehead atoms. The maximum atomic E-state index is 10.8. The first kappa shape index (κ1) is 10.8. The van der Waals surface area contributed by atoms with Crippen LogP contribution in [0.1, 0.15) is 10.4 Å². The Balaban J connectivity index is 2.89. The molecular weight excluding hydrogens is 250 g/mol. The first-order chi connectivity index (χ1) is 6.65. The first-order valence-corrected chi connectivity index (χ1v) is 5.09. The fourth-order valence-corrected chi connectivity index (χ4v) is 1.12. The molecule has 0 aliphatic heterocycles. The lowest BCUT2D eigenvalue weighted by Crippen LogP contribution is -2.11. The number of nitrogens with two attached hydrogens (primary N) is 1. The zero-order valence-electron chi connectivity index (χ0n) is 7.37. The molecule has 4 nitrogen and oxygen atoms in total. The number of aromatic hydroxyl groups is 1. The zero-order chi connectivity index (χ0) is 10.6. The number of amides is 1. The maximum Gasteiger partial charge on any atom is 0.252 e. The molecule has 0 radical (unpaired) electrons. The average Bonchev–Trinajstić information content (AvgIpc) is 2.16. The van der Waals surface area contributed by atoms with Gasteiger partial charge in [0.05, 0.1) is 12.2 Å². The first-order valence-electron chi connectivity index (χ1n) is 3.96. The molecule has 3 N–H and O–H groups in total. The Labute approximate surface area is 89.8 Å². The van der Waals surface area contributed by atoms with Crippen molar-refractivity contribution in [3.05, 3.63) is 23.8 Å². The third-order valence-electron chi connectivity index (χ3n) is 1.58. The Morgan fingerprint density at radius 2 is 2.29 bits per heavy atom. The van der Waals surface area contributed by atoms with Gasteiger partial charge in [-0.2, -0.15) is 0 Å². The summed E-state index contributed by atoms with van der Waals surface area (Å²) in [5.41, 5.74) is 5.12. The van der Waals surface area contributed by atoms with Gasteiger partial charge in [-0.05, 0) is 18.2 Å². The highest BCUT2D eigenvalue weighted by Crippen LogP contribution is 2.22. The van der Waals surface area contributed by atoms with E-state index < -0.39 is 5.91 Å². The minimum Gasteiger partial charge on any atom is -0.507 e. The van der Waals surface area contributed by atoms with Gasteiger partial charge >= 0.3 is 0 Å². The van der Waals surface area contributed by atoms with E-state index in [-0.39, 0.29) is 11.3 Å². The van der Waals surface area contributed by atoms with Crippen molar-refractivity contribution in [2.24, 2.45) is 5.73 Å². The molecule has 1 aromatic rings. The highest BCUT2D eigenvalue weighted by Gasteiger charge is 2.08. The molecule has 0 fully saturated rings. The molecule has 0 heterocycles. The summed E-state index contributed by atoms with van der Waals surface area (Å²) < 4.78 is 5.24. The lowest BCUT2D eigenvalue weighted by atomic mass is 10.2. The molecule has 0 saturated carbocycles. The highest BCUT2D eigenvalue weighted by molar-refractivity contribution is 9.09. The SMILES string of the molecule is NC(=O)c1cc(OCCBr)ccc1O. The normalized spacial score (nSPS) is 9.79. The van der Waals surface area contributed by atoms with E-state index in [1.54, 1.807) is 6.07 Å². The number of alkyl halides is 1. The van der Waals surface area contributed by atoms with Crippen LogP contribution in [0.4, 0.5) is 0 Å². The van der Waals surface area contributed by atoms with Crippen LogP contribution >= 0.6 is 15.9 Å². The van der Waals surface area contributed by atoms with E-state index in [1.807, 2.05) is 0 Å². The van der Waals surface area contributed by atoms with Gasteiger partial charge in [0.25, 0.3) is 5.91 Å². The molecule has 0 aromatic heterocycles. The Bertz CT molecular complexity index is 341. The standard InChI is InChI=1S/C9H10BrNO3/c10-3-4-14-6-1-2-8(12)7(5-6)9(11)13/h1-2,5,12H,3-4H2,(H2,11,13). The summed E-state index contributed by atoms with van der Waals surface area (Å²) in [5.74, 6) is -0.300. The minimum atomic E-state index is -0.674. The third-order valence-corrected chi connectivity index (χ3v) is 1.90. The summed E-state index contributed by atoms with van der Waals surface area (Å²) in [7, 11) is 0. The summed E-state index contributed by atoms with van der Waals surface area (Å²) in [5, 5.41) is 9.96. The van der Waals surface area contributed by atoms with E-state index in [9.17, 15) is 9.90 Å². The number of carbonyl (C=O) groups is 1. The molecule has 14 heavy (non-hydrogen) atoms. The van der Waals surface area contributed by atoms with Crippen molar-refractivity contribution in [3.8, 4) is 11.5 Å². The topological polar surface area (TPSA) is 72.6 Å². The molecule has 5 heteroatoms. The summed E-state index contributed by atoms with van der Waals surface area (Å²) in [6.07, 6.45) is 0. The Hall–Kier alpha value is -1.23. The van der Waals surface area contributed by atoms with Crippen LogP contribution in [0, 0.1) is 0 Å². The van der Waals surface area contributed by atoms with Crippen LogP contribution in [0.25, 0.3) is 0 Å². The fourth-order valence-electron chi connectivity index (χ4n) is 0.959. The molecule has 0 aliphatic carbocycles. The van der Waals surface area contributed by atoms with Crippen LogP contribution in [0.2, 0.25) is 0 Å². The van der Waals surface area contributed by atoms with Gasteiger partial charge in [0.1, 0.15) is 11.5 Å². The predicted octanol–water partition coefficient (Wildman–Crippen LogP) is 1.26. The van der Waals surface area contributed by atoms with Crippen molar-refractivity contribution in [3.63, 3.8) is 0 Å². The van der Waals surface area contributed by atoms with Gasteiger partial charge < -0.3 is 15.6 Å². The van der Waals surface area contributed by atoms with Crippen molar-refractivity contribution in [2.45, 2.75) is 0 Å². The minimum absolute atomic E-state index is 0.0667. The number of primary amides is 1. The number of phenols is 1. The van der Waals surface area contributed by atoms with Crippen LogP contribution in [-0.4, -0.2) is 23.0 Å². The van der Waals surface area contributed by atoms with E-state index in [0.29, 0.717) is 17.7 Å². The quantitative estimate of drug-likeness (QED) is 0.800. The number of hydrogen-bond acceptors (Lipinski definition) is 3. The van der Waals surface area contributed by atoms with Gasteiger partial charge in [0.15, 0.2) is 0 Å². The molecule has 0 spiro atoms. The predicted molar refractivity (Wildman–Crippen MR) is 55.9 cm³/mol. The molecule has 1 aromatic carbocycles. The molecule has 0 atom stereocenters. The Morgan fingerprint density at radius 1 is 1.57 bits per heavy atom. The second-order valence-electron chi connectivity index (χ2n) is 2.58. The van der Waals surface area contributed by atoms with Crippen LogP contribution < -0.4 is 10.5 Å². The van der Waals surface area contributed by atoms with E-state index in [1.165, 1.54) is 12.1 Å². The van der Waals surface area contributed by atoms with E-state index in [0.717, 1.165) is 0 Å². The average molecular weight is 260 g/mol. The van der Waals surface area contributed by atoms with E-state index in [4.69, 9.17) is 10.5 Å². The molecular formula is C9H10BrNO3. The number of hydrogen-bond donors (Lipinski definition) is 2. The van der Waals surface area contributed by atoms with Gasteiger partial charge in [-0.1, -0.05) is 15.9 Å². The number of carbonyl (C=O) groups excluding carboxylic acids is 1. The van der Waals surface area contributed by atoms with Gasteiger partial charge in [0.2, 0.25) is 0 Å². The van der Waals surface area contributed by atoms with Crippen LogP contribution in [0.5, 0.6) is 11.5 Å². The summed E-state index contributed by atoms with van der Waals surface area (Å²) >= 11 is 3.20. The fraction of sp³-hybridized carbons (Fsp3) is 0.222. The number of rotatable bonds is 4. The van der Waals surface area contributed by atoms with Crippen LogP contribution in [0.3, 0.4) is 0 Å². The van der Waals surface area contributed by atoms with Gasteiger partial charge in [-0.15, -0.1) is 0 Å². The molecule has 1 amide bonds. The highest BCUT2D eigenvalue weighted by atomic mass is 79.9. The van der Waals surface area contributed by atoms with Crippen molar-refractivity contribution >= 4 is 21.8 Å². The number of benzene rings is 1.